The predicted molar refractivity (Wildman–Crippen MR) is 56.2 cm³/mol. The average Bonchev–Trinajstić information content (AvgIpc) is 2.13. The van der Waals surface area contributed by atoms with E-state index in [4.69, 9.17) is 11.5 Å². The maximum atomic E-state index is 11.3. The molecule has 0 aliphatic carbocycles. The SMILES string of the molecule is C#CCNC(=O)C(C)NC(C)(C)C(=O)O. The largest absolute Gasteiger partial charge is 0.480 e. The Morgan fingerprint density at radius 2 is 2.07 bits per heavy atom. The van der Waals surface area contributed by atoms with Gasteiger partial charge in [0.2, 0.25) is 5.91 Å². The number of carboxylic acid groups (broad SMARTS) is 1. The average molecular weight is 212 g/mol. The van der Waals surface area contributed by atoms with Crippen molar-refractivity contribution in [2.45, 2.75) is 32.4 Å². The zero-order chi connectivity index (χ0) is 12.1. The van der Waals surface area contributed by atoms with Gasteiger partial charge in [-0.2, -0.15) is 0 Å². The molecule has 0 aliphatic heterocycles. The van der Waals surface area contributed by atoms with Crippen molar-refractivity contribution in [3.8, 4) is 12.3 Å². The lowest BCUT2D eigenvalue weighted by molar-refractivity contribution is -0.144. The zero-order valence-electron chi connectivity index (χ0n) is 9.13. The Morgan fingerprint density at radius 1 is 1.53 bits per heavy atom. The van der Waals surface area contributed by atoms with Crippen LogP contribution in [-0.2, 0) is 9.59 Å². The molecule has 5 nitrogen and oxygen atoms in total. The summed E-state index contributed by atoms with van der Waals surface area (Å²) < 4.78 is 0. The lowest BCUT2D eigenvalue weighted by atomic mass is 10.0. The highest BCUT2D eigenvalue weighted by atomic mass is 16.4. The lowest BCUT2D eigenvalue weighted by Gasteiger charge is -2.25. The summed E-state index contributed by atoms with van der Waals surface area (Å²) in [4.78, 5) is 22.1. The van der Waals surface area contributed by atoms with E-state index in [-0.39, 0.29) is 12.5 Å². The van der Waals surface area contributed by atoms with Crippen LogP contribution >= 0.6 is 0 Å². The molecule has 84 valence electrons. The van der Waals surface area contributed by atoms with E-state index in [0.717, 1.165) is 0 Å². The molecule has 0 aromatic carbocycles. The number of amides is 1. The van der Waals surface area contributed by atoms with Crippen LogP contribution in [0.25, 0.3) is 0 Å². The van der Waals surface area contributed by atoms with Gasteiger partial charge in [-0.3, -0.25) is 14.9 Å². The second-order valence-electron chi connectivity index (χ2n) is 3.72. The Labute approximate surface area is 89.2 Å². The molecule has 0 heterocycles. The molecule has 0 aliphatic rings. The summed E-state index contributed by atoms with van der Waals surface area (Å²) in [6.07, 6.45) is 4.97. The quantitative estimate of drug-likeness (QED) is 0.541. The van der Waals surface area contributed by atoms with Gasteiger partial charge >= 0.3 is 5.97 Å². The van der Waals surface area contributed by atoms with Gasteiger partial charge in [-0.25, -0.2) is 0 Å². The Bertz CT molecular complexity index is 292. The molecule has 1 unspecified atom stereocenters. The molecule has 0 aromatic rings. The van der Waals surface area contributed by atoms with Gasteiger partial charge in [0.25, 0.3) is 0 Å². The number of nitrogens with one attached hydrogen (secondary N) is 2. The van der Waals surface area contributed by atoms with E-state index >= 15 is 0 Å². The van der Waals surface area contributed by atoms with E-state index in [1.165, 1.54) is 13.8 Å². The van der Waals surface area contributed by atoms with Crippen LogP contribution in [0.1, 0.15) is 20.8 Å². The third-order valence-electron chi connectivity index (χ3n) is 1.87. The number of rotatable bonds is 5. The Hall–Kier alpha value is -1.54. The van der Waals surface area contributed by atoms with Gasteiger partial charge < -0.3 is 10.4 Å². The molecule has 0 rings (SSSR count). The van der Waals surface area contributed by atoms with Gasteiger partial charge in [0.1, 0.15) is 5.54 Å². The molecule has 0 saturated heterocycles. The van der Waals surface area contributed by atoms with Crippen molar-refractivity contribution < 1.29 is 14.7 Å². The number of carbonyl (C=O) groups excluding carboxylic acids is 1. The molecule has 15 heavy (non-hydrogen) atoms. The first-order chi connectivity index (χ1) is 6.81. The van der Waals surface area contributed by atoms with Crippen molar-refractivity contribution in [1.82, 2.24) is 10.6 Å². The molecule has 3 N–H and O–H groups in total. The van der Waals surface area contributed by atoms with Crippen molar-refractivity contribution >= 4 is 11.9 Å². The van der Waals surface area contributed by atoms with Crippen LogP contribution in [0.15, 0.2) is 0 Å². The highest BCUT2D eigenvalue weighted by molar-refractivity contribution is 5.84. The van der Waals surface area contributed by atoms with Crippen molar-refractivity contribution in [3.05, 3.63) is 0 Å². The van der Waals surface area contributed by atoms with E-state index in [0.29, 0.717) is 0 Å². The van der Waals surface area contributed by atoms with Gasteiger partial charge in [-0.05, 0) is 20.8 Å². The minimum atomic E-state index is -1.15. The molecule has 0 bridgehead atoms. The van der Waals surface area contributed by atoms with Gasteiger partial charge in [-0.15, -0.1) is 6.42 Å². The maximum Gasteiger partial charge on any atom is 0.323 e. The van der Waals surface area contributed by atoms with E-state index in [1.807, 2.05) is 0 Å². The Kier molecular flexibility index (Phi) is 4.82. The number of carboxylic acids is 1. The molecule has 0 fully saturated rings. The van der Waals surface area contributed by atoms with Gasteiger partial charge in [0.15, 0.2) is 0 Å². The van der Waals surface area contributed by atoms with Crippen molar-refractivity contribution in [2.75, 3.05) is 6.54 Å². The third-order valence-corrected chi connectivity index (χ3v) is 1.87. The first kappa shape index (κ1) is 13.5. The predicted octanol–water partition coefficient (Wildman–Crippen LogP) is -0.423. The Balaban J connectivity index is 4.25. The van der Waals surface area contributed by atoms with Gasteiger partial charge in [-0.1, -0.05) is 5.92 Å². The van der Waals surface area contributed by atoms with E-state index in [1.54, 1.807) is 6.92 Å². The first-order valence-corrected chi connectivity index (χ1v) is 4.53. The molecular weight excluding hydrogens is 196 g/mol. The summed E-state index contributed by atoms with van der Waals surface area (Å²) >= 11 is 0. The van der Waals surface area contributed by atoms with E-state index in [2.05, 4.69) is 16.6 Å². The fraction of sp³-hybridized carbons (Fsp3) is 0.600. The van der Waals surface area contributed by atoms with E-state index < -0.39 is 17.6 Å². The van der Waals surface area contributed by atoms with Crippen LogP contribution in [0.5, 0.6) is 0 Å². The number of carbonyl (C=O) groups is 2. The second kappa shape index (κ2) is 5.37. The maximum absolute atomic E-state index is 11.3. The number of aliphatic carboxylic acids is 1. The van der Waals surface area contributed by atoms with Gasteiger partial charge in [0, 0.05) is 0 Å². The van der Waals surface area contributed by atoms with Crippen LogP contribution in [0, 0.1) is 12.3 Å². The van der Waals surface area contributed by atoms with Crippen LogP contribution in [0.2, 0.25) is 0 Å². The van der Waals surface area contributed by atoms with Crippen LogP contribution in [0.4, 0.5) is 0 Å². The molecule has 5 heteroatoms. The monoisotopic (exact) mass is 212 g/mol. The molecular formula is C10H16N2O3. The standard InChI is InChI=1S/C10H16N2O3/c1-5-6-11-8(13)7(2)12-10(3,4)9(14)15/h1,7,12H,6H2,2-4H3,(H,11,13)(H,14,15). The summed E-state index contributed by atoms with van der Waals surface area (Å²) in [5.41, 5.74) is -1.15. The molecule has 0 aromatic heterocycles. The summed E-state index contributed by atoms with van der Waals surface area (Å²) in [6, 6.07) is -0.607. The fourth-order valence-corrected chi connectivity index (χ4v) is 0.960. The van der Waals surface area contributed by atoms with Crippen LogP contribution in [-0.4, -0.2) is 35.1 Å². The minimum absolute atomic E-state index is 0.137. The smallest absolute Gasteiger partial charge is 0.323 e. The molecule has 0 radical (unpaired) electrons. The summed E-state index contributed by atoms with van der Waals surface area (Å²) in [7, 11) is 0. The summed E-state index contributed by atoms with van der Waals surface area (Å²) in [5, 5.41) is 14.0. The second-order valence-corrected chi connectivity index (χ2v) is 3.72. The first-order valence-electron chi connectivity index (χ1n) is 4.53. The van der Waals surface area contributed by atoms with Crippen LogP contribution < -0.4 is 10.6 Å². The number of hydrogen-bond acceptors (Lipinski definition) is 3. The molecule has 0 saturated carbocycles. The van der Waals surface area contributed by atoms with Crippen molar-refractivity contribution in [1.29, 1.82) is 0 Å². The summed E-state index contributed by atoms with van der Waals surface area (Å²) in [6.45, 7) is 4.69. The Morgan fingerprint density at radius 3 is 2.47 bits per heavy atom. The zero-order valence-corrected chi connectivity index (χ0v) is 9.13. The number of hydrogen-bond donors (Lipinski definition) is 3. The molecule has 1 amide bonds. The highest BCUT2D eigenvalue weighted by Crippen LogP contribution is 2.03. The summed E-state index contributed by atoms with van der Waals surface area (Å²) in [5.74, 6) is 0.931. The number of terminal acetylenes is 1. The lowest BCUT2D eigenvalue weighted by Crippen LogP contribution is -2.55. The highest BCUT2D eigenvalue weighted by Gasteiger charge is 2.30. The van der Waals surface area contributed by atoms with Crippen molar-refractivity contribution in [3.63, 3.8) is 0 Å². The molecule has 0 spiro atoms. The minimum Gasteiger partial charge on any atom is -0.480 e. The normalized spacial score (nSPS) is 12.7. The molecule has 1 atom stereocenters. The van der Waals surface area contributed by atoms with Crippen molar-refractivity contribution in [2.24, 2.45) is 0 Å². The fourth-order valence-electron chi connectivity index (χ4n) is 0.960. The van der Waals surface area contributed by atoms with Gasteiger partial charge in [0.05, 0.1) is 12.6 Å². The van der Waals surface area contributed by atoms with E-state index in [9.17, 15) is 9.59 Å². The van der Waals surface area contributed by atoms with Crippen LogP contribution in [0.3, 0.4) is 0 Å². The third kappa shape index (κ3) is 4.47. The topological polar surface area (TPSA) is 78.4 Å².